The Kier molecular flexibility index (Phi) is 3.26. The van der Waals surface area contributed by atoms with E-state index in [-0.39, 0.29) is 23.7 Å². The Bertz CT molecular complexity index is 828. The van der Waals surface area contributed by atoms with Crippen molar-refractivity contribution in [3.63, 3.8) is 0 Å². The van der Waals surface area contributed by atoms with E-state index < -0.39 is 0 Å². The second-order valence-electron chi connectivity index (χ2n) is 7.35. The number of carbonyl (C=O) groups is 1. The molecule has 1 N–H and O–H groups in total. The van der Waals surface area contributed by atoms with Crippen LogP contribution in [0.25, 0.3) is 0 Å². The van der Waals surface area contributed by atoms with Gasteiger partial charge in [0.15, 0.2) is 0 Å². The number of hydrogen-bond acceptors (Lipinski definition) is 6. The van der Waals surface area contributed by atoms with Crippen molar-refractivity contribution in [3.05, 3.63) is 29.6 Å². The van der Waals surface area contributed by atoms with Gasteiger partial charge in [-0.3, -0.25) is 9.48 Å². The van der Waals surface area contributed by atoms with Crippen molar-refractivity contribution in [3.8, 4) is 0 Å². The van der Waals surface area contributed by atoms with Crippen molar-refractivity contribution < 1.29 is 4.79 Å². The lowest BCUT2D eigenvalue weighted by Gasteiger charge is -2.45. The van der Waals surface area contributed by atoms with Crippen LogP contribution in [0.3, 0.4) is 0 Å². The molecule has 2 aliphatic carbocycles. The van der Waals surface area contributed by atoms with Crippen LogP contribution in [-0.2, 0) is 7.05 Å². The van der Waals surface area contributed by atoms with Gasteiger partial charge in [-0.2, -0.15) is 0 Å². The Hall–Kier alpha value is -2.51. The summed E-state index contributed by atoms with van der Waals surface area (Å²) in [5.41, 5.74) is 2.20. The predicted molar refractivity (Wildman–Crippen MR) is 90.0 cm³/mol. The molecule has 0 radical (unpaired) electrons. The summed E-state index contributed by atoms with van der Waals surface area (Å²) in [6.45, 7) is 1.65. The molecule has 8 heteroatoms. The van der Waals surface area contributed by atoms with Crippen LogP contribution in [0.4, 0.5) is 5.95 Å². The molecule has 1 saturated carbocycles. The van der Waals surface area contributed by atoms with Crippen molar-refractivity contribution in [1.29, 1.82) is 0 Å². The minimum absolute atomic E-state index is 0.0359. The Morgan fingerprint density at radius 2 is 2.16 bits per heavy atom. The van der Waals surface area contributed by atoms with Gasteiger partial charge < -0.3 is 10.2 Å². The molecule has 2 atom stereocenters. The molecule has 25 heavy (non-hydrogen) atoms. The molecule has 0 spiro atoms. The monoisotopic (exact) mass is 339 g/mol. The van der Waals surface area contributed by atoms with Gasteiger partial charge in [0.2, 0.25) is 11.8 Å². The van der Waals surface area contributed by atoms with Gasteiger partial charge in [-0.25, -0.2) is 15.0 Å². The van der Waals surface area contributed by atoms with E-state index >= 15 is 0 Å². The van der Waals surface area contributed by atoms with Gasteiger partial charge in [0, 0.05) is 37.8 Å². The Morgan fingerprint density at radius 3 is 2.92 bits per heavy atom. The molecular weight excluding hydrogens is 318 g/mol. The zero-order chi connectivity index (χ0) is 17.0. The number of hydrogen-bond donors (Lipinski definition) is 1. The summed E-state index contributed by atoms with van der Waals surface area (Å²) in [4.78, 5) is 28.1. The predicted octanol–water partition coefficient (Wildman–Crippen LogP) is 1.50. The molecule has 4 aliphatic rings. The number of rotatable bonds is 4. The van der Waals surface area contributed by atoms with Crippen molar-refractivity contribution in [2.24, 2.45) is 13.0 Å². The zero-order valence-electron chi connectivity index (χ0n) is 14.2. The van der Waals surface area contributed by atoms with E-state index in [9.17, 15) is 4.79 Å². The summed E-state index contributed by atoms with van der Waals surface area (Å²) in [5.74, 6) is 1.95. The molecule has 2 unspecified atom stereocenters. The van der Waals surface area contributed by atoms with Crippen molar-refractivity contribution >= 4 is 11.9 Å². The highest BCUT2D eigenvalue weighted by Gasteiger charge is 2.42. The molecule has 2 bridgehead atoms. The van der Waals surface area contributed by atoms with E-state index in [1.54, 1.807) is 18.1 Å². The van der Waals surface area contributed by atoms with Crippen LogP contribution < -0.4 is 5.32 Å². The number of carbonyl (C=O) groups excluding carboxylic acids is 1. The Balaban J connectivity index is 1.40. The van der Waals surface area contributed by atoms with Crippen LogP contribution >= 0.6 is 0 Å². The maximum Gasteiger partial charge on any atom is 0.294 e. The summed E-state index contributed by atoms with van der Waals surface area (Å²) in [5, 5.41) is 7.51. The third kappa shape index (κ3) is 2.56. The number of anilines is 1. The molecule has 2 aromatic heterocycles. The largest absolute Gasteiger partial charge is 0.354 e. The maximum atomic E-state index is 12.8. The molecule has 130 valence electrons. The van der Waals surface area contributed by atoms with Gasteiger partial charge in [-0.15, -0.1) is 5.10 Å². The topological polar surface area (TPSA) is 88.8 Å². The van der Waals surface area contributed by atoms with Crippen LogP contribution in [0.5, 0.6) is 0 Å². The quantitative estimate of drug-likeness (QED) is 0.908. The van der Waals surface area contributed by atoms with E-state index in [1.165, 1.54) is 12.8 Å². The van der Waals surface area contributed by atoms with Gasteiger partial charge in [0.1, 0.15) is 6.33 Å². The molecule has 2 aromatic rings. The van der Waals surface area contributed by atoms with Gasteiger partial charge in [0.05, 0.1) is 11.7 Å². The lowest BCUT2D eigenvalue weighted by molar-refractivity contribution is 0.0522. The van der Waals surface area contributed by atoms with E-state index in [2.05, 4.69) is 20.4 Å². The SMILES string of the molecule is Cn1cnc(C(=O)N2CC3CCC2c2cnc(NCC4CC4)nc23)n1. The van der Waals surface area contributed by atoms with Crippen molar-refractivity contribution in [2.75, 3.05) is 18.4 Å². The summed E-state index contributed by atoms with van der Waals surface area (Å²) in [6, 6.07) is 0.0359. The van der Waals surface area contributed by atoms with Crippen LogP contribution in [0.1, 0.15) is 59.5 Å². The number of nitrogens with one attached hydrogen (secondary N) is 1. The summed E-state index contributed by atoms with van der Waals surface area (Å²) in [6.07, 6.45) is 8.09. The molecular formula is C17H21N7O. The molecule has 0 aromatic carbocycles. The molecule has 1 amide bonds. The first-order valence-electron chi connectivity index (χ1n) is 8.96. The number of fused-ring (bicyclic) bond motifs is 2. The molecule has 2 aliphatic heterocycles. The normalized spacial score (nSPS) is 24.3. The first-order valence-corrected chi connectivity index (χ1v) is 8.96. The molecule has 4 heterocycles. The summed E-state index contributed by atoms with van der Waals surface area (Å²) in [7, 11) is 1.77. The third-order valence-electron chi connectivity index (χ3n) is 5.47. The standard InChI is InChI=1S/C17H21N7O/c1-23-9-20-15(22-23)16(25)24-8-11-4-5-13(24)12-7-19-17(21-14(11)12)18-6-10-2-3-10/h7,9-11,13H,2-6,8H2,1H3,(H,18,19,21). The highest BCUT2D eigenvalue weighted by molar-refractivity contribution is 5.91. The fourth-order valence-corrected chi connectivity index (χ4v) is 3.94. The molecule has 1 saturated heterocycles. The average Bonchev–Trinajstić information content (AvgIpc) is 3.38. The van der Waals surface area contributed by atoms with Gasteiger partial charge in [0.25, 0.3) is 5.91 Å². The lowest BCUT2D eigenvalue weighted by atomic mass is 9.78. The van der Waals surface area contributed by atoms with E-state index in [0.717, 1.165) is 42.5 Å². The van der Waals surface area contributed by atoms with Crippen LogP contribution in [0, 0.1) is 5.92 Å². The smallest absolute Gasteiger partial charge is 0.294 e. The number of aromatic nitrogens is 5. The van der Waals surface area contributed by atoms with Crippen LogP contribution in [0.15, 0.2) is 12.5 Å². The minimum Gasteiger partial charge on any atom is -0.354 e. The highest BCUT2D eigenvalue weighted by Crippen LogP contribution is 2.46. The van der Waals surface area contributed by atoms with Gasteiger partial charge >= 0.3 is 0 Å². The Labute approximate surface area is 145 Å². The second kappa shape index (κ2) is 5.50. The first-order chi connectivity index (χ1) is 12.2. The van der Waals surface area contributed by atoms with E-state index in [1.807, 2.05) is 11.1 Å². The van der Waals surface area contributed by atoms with Gasteiger partial charge in [-0.05, 0) is 31.6 Å². The zero-order valence-corrected chi connectivity index (χ0v) is 14.2. The van der Waals surface area contributed by atoms with Crippen molar-refractivity contribution in [1.82, 2.24) is 29.6 Å². The Morgan fingerprint density at radius 1 is 1.28 bits per heavy atom. The average molecular weight is 339 g/mol. The van der Waals surface area contributed by atoms with Gasteiger partial charge in [-0.1, -0.05) is 0 Å². The fraction of sp³-hybridized carbons (Fsp3) is 0.588. The first kappa shape index (κ1) is 14.8. The number of piperidine rings is 1. The van der Waals surface area contributed by atoms with Crippen molar-refractivity contribution in [2.45, 2.75) is 37.6 Å². The molecule has 6 rings (SSSR count). The van der Waals surface area contributed by atoms with E-state index in [0.29, 0.717) is 6.54 Å². The molecule has 8 nitrogen and oxygen atoms in total. The fourth-order valence-electron chi connectivity index (χ4n) is 3.94. The highest BCUT2D eigenvalue weighted by atomic mass is 16.2. The van der Waals surface area contributed by atoms with Crippen LogP contribution in [-0.4, -0.2) is 48.6 Å². The maximum absolute atomic E-state index is 12.8. The number of nitrogens with zero attached hydrogens (tertiary/aromatic N) is 6. The summed E-state index contributed by atoms with van der Waals surface area (Å²) < 4.78 is 1.56. The minimum atomic E-state index is -0.100. The van der Waals surface area contributed by atoms with Crippen LogP contribution in [0.2, 0.25) is 0 Å². The third-order valence-corrected chi connectivity index (χ3v) is 5.47. The number of amides is 1. The lowest BCUT2D eigenvalue weighted by Crippen LogP contribution is -2.46. The summed E-state index contributed by atoms with van der Waals surface area (Å²) >= 11 is 0. The van der Waals surface area contributed by atoms with E-state index in [4.69, 9.17) is 4.98 Å². The number of aryl methyl sites for hydroxylation is 1. The second-order valence-corrected chi connectivity index (χ2v) is 7.35. The molecule has 2 fully saturated rings.